The molecule has 0 aliphatic heterocycles. The van der Waals surface area contributed by atoms with Crippen LogP contribution in [0.4, 0.5) is 5.69 Å². The van der Waals surface area contributed by atoms with Crippen LogP contribution in [0.3, 0.4) is 0 Å². The average Bonchev–Trinajstić information content (AvgIpc) is 3.24. The van der Waals surface area contributed by atoms with Gasteiger partial charge in [-0.25, -0.2) is 0 Å². The zero-order valence-corrected chi connectivity index (χ0v) is 21.4. The number of hydrogen-bond acceptors (Lipinski definition) is 6. The normalized spacial score (nSPS) is 11.7. The third-order valence-electron chi connectivity index (χ3n) is 5.11. The molecule has 1 unspecified atom stereocenters. The van der Waals surface area contributed by atoms with Gasteiger partial charge >= 0.3 is 0 Å². The van der Waals surface area contributed by atoms with Gasteiger partial charge < -0.3 is 19.9 Å². The number of carbonyl (C=O) groups excluding carboxylic acids is 2. The van der Waals surface area contributed by atoms with Crippen LogP contribution in [0.5, 0.6) is 5.75 Å². The Morgan fingerprint density at radius 1 is 1.17 bits per heavy atom. The van der Waals surface area contributed by atoms with Crippen molar-refractivity contribution in [2.24, 2.45) is 5.92 Å². The van der Waals surface area contributed by atoms with Crippen molar-refractivity contribution in [1.29, 1.82) is 0 Å². The number of aromatic nitrogens is 3. The quantitative estimate of drug-likeness (QED) is 0.277. The van der Waals surface area contributed by atoms with E-state index >= 15 is 0 Å². The van der Waals surface area contributed by atoms with Crippen molar-refractivity contribution >= 4 is 40.9 Å². The molecule has 1 heterocycles. The van der Waals surface area contributed by atoms with Gasteiger partial charge in [0.1, 0.15) is 5.75 Å². The molecule has 8 nitrogen and oxygen atoms in total. The molecule has 10 heteroatoms. The lowest BCUT2D eigenvalue weighted by Crippen LogP contribution is -2.34. The van der Waals surface area contributed by atoms with Crippen LogP contribution < -0.4 is 15.4 Å². The van der Waals surface area contributed by atoms with Crippen LogP contribution in [0.15, 0.2) is 66.3 Å². The summed E-state index contributed by atoms with van der Waals surface area (Å²) in [5.74, 6) is 0.977. The topological polar surface area (TPSA) is 98.1 Å². The Morgan fingerprint density at radius 3 is 2.51 bits per heavy atom. The lowest BCUT2D eigenvalue weighted by atomic mass is 10.0. The standard InChI is InChI=1S/C25H28ClN5O3S/c1-5-14-31-23(22(16(2)3)28-24(33)19-8-6-7-9-20(19)26)29-30-25(31)35-15-21(32)27-17-10-12-18(34-4)13-11-17/h5-13,16,22H,1,14-15H2,2-4H3,(H,27,32)(H,28,33). The van der Waals surface area contributed by atoms with Gasteiger partial charge in [-0.15, -0.1) is 16.8 Å². The molecule has 2 N–H and O–H groups in total. The summed E-state index contributed by atoms with van der Waals surface area (Å²) in [5.41, 5.74) is 1.06. The lowest BCUT2D eigenvalue weighted by molar-refractivity contribution is -0.113. The number of halogens is 1. The van der Waals surface area contributed by atoms with Crippen molar-refractivity contribution in [3.63, 3.8) is 0 Å². The van der Waals surface area contributed by atoms with E-state index in [-0.39, 0.29) is 23.5 Å². The number of benzene rings is 2. The molecule has 0 radical (unpaired) electrons. The molecule has 184 valence electrons. The van der Waals surface area contributed by atoms with E-state index in [0.29, 0.717) is 39.5 Å². The Hall–Kier alpha value is -3.30. The highest BCUT2D eigenvalue weighted by atomic mass is 35.5. The van der Waals surface area contributed by atoms with Crippen LogP contribution in [-0.4, -0.2) is 39.4 Å². The molecule has 0 spiro atoms. The predicted molar refractivity (Wildman–Crippen MR) is 139 cm³/mol. The van der Waals surface area contributed by atoms with Gasteiger partial charge in [-0.1, -0.05) is 55.4 Å². The maximum atomic E-state index is 12.9. The highest BCUT2D eigenvalue weighted by molar-refractivity contribution is 7.99. The molecule has 0 saturated carbocycles. The third kappa shape index (κ3) is 6.86. The Bertz CT molecular complexity index is 1180. The van der Waals surface area contributed by atoms with E-state index < -0.39 is 6.04 Å². The molecule has 0 fully saturated rings. The first-order valence-corrected chi connectivity index (χ1v) is 12.4. The summed E-state index contributed by atoms with van der Waals surface area (Å²) in [6.07, 6.45) is 1.72. The van der Waals surface area contributed by atoms with E-state index in [1.54, 1.807) is 61.7 Å². The molecule has 0 bridgehead atoms. The van der Waals surface area contributed by atoms with Gasteiger partial charge in [0.2, 0.25) is 5.91 Å². The fourth-order valence-electron chi connectivity index (χ4n) is 3.33. The van der Waals surface area contributed by atoms with Gasteiger partial charge in [-0.2, -0.15) is 0 Å². The fraction of sp³-hybridized carbons (Fsp3) is 0.280. The number of amides is 2. The van der Waals surface area contributed by atoms with Crippen molar-refractivity contribution in [3.8, 4) is 5.75 Å². The van der Waals surface area contributed by atoms with Crippen molar-refractivity contribution in [1.82, 2.24) is 20.1 Å². The SMILES string of the molecule is C=CCn1c(SCC(=O)Nc2ccc(OC)cc2)nnc1C(NC(=O)c1ccccc1Cl)C(C)C. The van der Waals surface area contributed by atoms with E-state index in [4.69, 9.17) is 16.3 Å². The first-order chi connectivity index (χ1) is 16.8. The number of allylic oxidation sites excluding steroid dienone is 1. The number of nitrogens with one attached hydrogen (secondary N) is 2. The molecular formula is C25H28ClN5O3S. The van der Waals surface area contributed by atoms with E-state index in [1.165, 1.54) is 11.8 Å². The molecule has 0 aliphatic carbocycles. The molecular weight excluding hydrogens is 486 g/mol. The van der Waals surface area contributed by atoms with E-state index in [1.807, 2.05) is 18.4 Å². The molecule has 1 atom stereocenters. The summed E-state index contributed by atoms with van der Waals surface area (Å²) in [6.45, 7) is 8.23. The zero-order valence-electron chi connectivity index (χ0n) is 19.8. The summed E-state index contributed by atoms with van der Waals surface area (Å²) >= 11 is 7.46. The van der Waals surface area contributed by atoms with E-state index in [2.05, 4.69) is 27.4 Å². The minimum atomic E-state index is -0.423. The van der Waals surface area contributed by atoms with Gasteiger partial charge in [0.25, 0.3) is 5.91 Å². The number of nitrogens with zero attached hydrogens (tertiary/aromatic N) is 3. The second-order valence-corrected chi connectivity index (χ2v) is 9.33. The van der Waals surface area contributed by atoms with Crippen molar-refractivity contribution < 1.29 is 14.3 Å². The molecule has 1 aromatic heterocycles. The number of ether oxygens (including phenoxy) is 1. The number of anilines is 1. The highest BCUT2D eigenvalue weighted by Crippen LogP contribution is 2.27. The number of carbonyl (C=O) groups is 2. The number of thioether (sulfide) groups is 1. The first-order valence-electron chi connectivity index (χ1n) is 11.0. The number of hydrogen-bond donors (Lipinski definition) is 2. The third-order valence-corrected chi connectivity index (χ3v) is 6.41. The van der Waals surface area contributed by atoms with Crippen molar-refractivity contribution in [2.75, 3.05) is 18.2 Å². The predicted octanol–water partition coefficient (Wildman–Crippen LogP) is 4.98. The molecule has 0 saturated heterocycles. The van der Waals surface area contributed by atoms with Crippen LogP contribution in [0.2, 0.25) is 5.02 Å². The van der Waals surface area contributed by atoms with Crippen molar-refractivity contribution in [2.45, 2.75) is 31.6 Å². The van der Waals surface area contributed by atoms with Gasteiger partial charge in [0.15, 0.2) is 11.0 Å². The van der Waals surface area contributed by atoms with Crippen LogP contribution in [0.25, 0.3) is 0 Å². The second kappa shape index (κ2) is 12.4. The maximum Gasteiger partial charge on any atom is 0.253 e. The Balaban J connectivity index is 1.74. The summed E-state index contributed by atoms with van der Waals surface area (Å²) in [5, 5.41) is 15.5. The van der Waals surface area contributed by atoms with Crippen LogP contribution in [0.1, 0.15) is 36.1 Å². The Kier molecular flexibility index (Phi) is 9.33. The molecule has 2 amide bonds. The molecule has 0 aliphatic rings. The molecule has 2 aromatic carbocycles. The van der Waals surface area contributed by atoms with E-state index in [9.17, 15) is 9.59 Å². The smallest absolute Gasteiger partial charge is 0.253 e. The Morgan fingerprint density at radius 2 is 1.89 bits per heavy atom. The zero-order chi connectivity index (χ0) is 25.4. The minimum Gasteiger partial charge on any atom is -0.497 e. The van der Waals surface area contributed by atoms with E-state index in [0.717, 1.165) is 0 Å². The van der Waals surface area contributed by atoms with Crippen LogP contribution in [0, 0.1) is 5.92 Å². The highest BCUT2D eigenvalue weighted by Gasteiger charge is 2.27. The molecule has 3 aromatic rings. The van der Waals surface area contributed by atoms with Crippen molar-refractivity contribution in [3.05, 3.63) is 77.6 Å². The van der Waals surface area contributed by atoms with Gasteiger partial charge in [-0.3, -0.25) is 9.59 Å². The fourth-order valence-corrected chi connectivity index (χ4v) is 4.31. The summed E-state index contributed by atoms with van der Waals surface area (Å²) in [7, 11) is 1.59. The average molecular weight is 514 g/mol. The van der Waals surface area contributed by atoms with Gasteiger partial charge in [0.05, 0.1) is 29.5 Å². The monoisotopic (exact) mass is 513 g/mol. The largest absolute Gasteiger partial charge is 0.497 e. The maximum absolute atomic E-state index is 12.9. The summed E-state index contributed by atoms with van der Waals surface area (Å²) in [4.78, 5) is 25.4. The second-order valence-electron chi connectivity index (χ2n) is 7.98. The van der Waals surface area contributed by atoms with Crippen LogP contribution >= 0.6 is 23.4 Å². The Labute approximate surface area is 214 Å². The molecule has 3 rings (SSSR count). The van der Waals surface area contributed by atoms with Crippen LogP contribution in [-0.2, 0) is 11.3 Å². The van der Waals surface area contributed by atoms with Gasteiger partial charge in [0, 0.05) is 12.2 Å². The minimum absolute atomic E-state index is 0.0189. The molecule has 35 heavy (non-hydrogen) atoms. The lowest BCUT2D eigenvalue weighted by Gasteiger charge is -2.23. The number of rotatable bonds is 11. The summed E-state index contributed by atoms with van der Waals surface area (Å²) in [6, 6.07) is 13.6. The van der Waals surface area contributed by atoms with Gasteiger partial charge in [-0.05, 0) is 42.3 Å². The first kappa shape index (κ1) is 26.3. The summed E-state index contributed by atoms with van der Waals surface area (Å²) < 4.78 is 6.99. The number of methoxy groups -OCH3 is 1.